The molecule has 1 aliphatic carbocycles. The molecule has 0 bridgehead atoms. The van der Waals surface area contributed by atoms with Crippen molar-refractivity contribution in [1.82, 2.24) is 0 Å². The Hall–Kier alpha value is -2.17. The number of hydrogen-bond donors (Lipinski definition) is 1. The number of rotatable bonds is 3. The minimum absolute atomic E-state index is 0.240. The Labute approximate surface area is 116 Å². The molecule has 5 heteroatoms. The maximum Gasteiger partial charge on any atom is 0.316 e. The maximum atomic E-state index is 12.2. The summed E-state index contributed by atoms with van der Waals surface area (Å²) >= 11 is 0. The van der Waals surface area contributed by atoms with Crippen molar-refractivity contribution in [3.8, 4) is 0 Å². The topological polar surface area (TPSA) is 72.5 Å². The summed E-state index contributed by atoms with van der Waals surface area (Å²) in [6, 6.07) is 5.15. The highest BCUT2D eigenvalue weighted by Gasteiger charge is 2.47. The average molecular weight is 273 g/mol. The van der Waals surface area contributed by atoms with Crippen molar-refractivity contribution in [3.05, 3.63) is 29.3 Å². The van der Waals surface area contributed by atoms with Crippen LogP contribution in [0.1, 0.15) is 42.1 Å². The summed E-state index contributed by atoms with van der Waals surface area (Å²) in [6.45, 7) is 2.11. The third-order valence-corrected chi connectivity index (χ3v) is 4.14. The van der Waals surface area contributed by atoms with Crippen LogP contribution in [0, 0.1) is 0 Å². The predicted octanol–water partition coefficient (Wildman–Crippen LogP) is 1.81. The van der Waals surface area contributed by atoms with E-state index in [0.29, 0.717) is 17.9 Å². The summed E-state index contributed by atoms with van der Waals surface area (Å²) in [7, 11) is 0. The van der Waals surface area contributed by atoms with Crippen LogP contribution in [0.5, 0.6) is 0 Å². The molecule has 0 saturated heterocycles. The van der Waals surface area contributed by atoms with Gasteiger partial charge in [0.1, 0.15) is 0 Å². The van der Waals surface area contributed by atoms with Crippen molar-refractivity contribution in [1.29, 1.82) is 0 Å². The first-order valence-electron chi connectivity index (χ1n) is 6.76. The van der Waals surface area contributed by atoms with E-state index in [1.54, 1.807) is 25.1 Å². The van der Waals surface area contributed by atoms with E-state index in [4.69, 9.17) is 4.74 Å². The van der Waals surface area contributed by atoms with Crippen LogP contribution in [0.4, 0.5) is 5.69 Å². The van der Waals surface area contributed by atoms with Gasteiger partial charge >= 0.3 is 5.97 Å². The Morgan fingerprint density at radius 2 is 2.10 bits per heavy atom. The van der Waals surface area contributed by atoms with Crippen molar-refractivity contribution in [2.45, 2.75) is 31.6 Å². The second-order valence-corrected chi connectivity index (χ2v) is 5.20. The summed E-state index contributed by atoms with van der Waals surface area (Å²) in [5.41, 5.74) is 0.993. The Kier molecular flexibility index (Phi) is 2.85. The maximum absolute atomic E-state index is 12.2. The van der Waals surface area contributed by atoms with Crippen LogP contribution < -0.4 is 5.32 Å². The minimum atomic E-state index is -0.642. The number of carbonyl (C=O) groups is 3. The number of ether oxygens (including phenoxy) is 1. The number of anilines is 1. The second kappa shape index (κ2) is 4.44. The molecule has 1 heterocycles. The smallest absolute Gasteiger partial charge is 0.316 e. The quantitative estimate of drug-likeness (QED) is 0.673. The highest BCUT2D eigenvalue weighted by atomic mass is 16.5. The fraction of sp³-hybridized carbons (Fsp3) is 0.400. The van der Waals surface area contributed by atoms with Crippen molar-refractivity contribution in [2.24, 2.45) is 0 Å². The van der Waals surface area contributed by atoms with E-state index in [0.717, 1.165) is 24.8 Å². The third kappa shape index (κ3) is 1.66. The fourth-order valence-electron chi connectivity index (χ4n) is 2.85. The monoisotopic (exact) mass is 273 g/mol. The van der Waals surface area contributed by atoms with Crippen molar-refractivity contribution >= 4 is 23.3 Å². The molecule has 3 rings (SSSR count). The van der Waals surface area contributed by atoms with Crippen molar-refractivity contribution < 1.29 is 19.1 Å². The summed E-state index contributed by atoms with van der Waals surface area (Å²) in [4.78, 5) is 35.3. The molecule has 1 aliphatic heterocycles. The first-order valence-corrected chi connectivity index (χ1v) is 6.76. The number of ketones is 1. The normalized spacial score (nSPS) is 19.1. The van der Waals surface area contributed by atoms with Gasteiger partial charge in [0, 0.05) is 0 Å². The molecular formula is C15H15NO4. The van der Waals surface area contributed by atoms with E-state index < -0.39 is 17.1 Å². The van der Waals surface area contributed by atoms with E-state index >= 15 is 0 Å². The van der Waals surface area contributed by atoms with Gasteiger partial charge in [0.15, 0.2) is 0 Å². The van der Waals surface area contributed by atoms with E-state index in [1.165, 1.54) is 0 Å². The molecule has 20 heavy (non-hydrogen) atoms. The summed E-state index contributed by atoms with van der Waals surface area (Å²) in [5, 5.41) is 2.51. The van der Waals surface area contributed by atoms with Crippen LogP contribution in [0.2, 0.25) is 0 Å². The summed E-state index contributed by atoms with van der Waals surface area (Å²) in [6.07, 6.45) is 2.40. The zero-order chi connectivity index (χ0) is 14.3. The SMILES string of the molecule is CCOC(=O)C1(c2ccc3c(c2)C(=O)C(=O)N3)CCC1. The van der Waals surface area contributed by atoms with E-state index in [2.05, 4.69) is 5.32 Å². The molecule has 2 aliphatic rings. The van der Waals surface area contributed by atoms with Crippen LogP contribution in [0.3, 0.4) is 0 Å². The molecule has 0 unspecified atom stereocenters. The molecule has 0 aromatic heterocycles. The lowest BCUT2D eigenvalue weighted by molar-refractivity contribution is -0.153. The number of esters is 1. The number of Topliss-reactive ketones (excluding diaryl/α,β-unsaturated/α-hetero) is 1. The number of nitrogens with one attached hydrogen (secondary N) is 1. The first kappa shape index (κ1) is 12.8. The predicted molar refractivity (Wildman–Crippen MR) is 71.6 cm³/mol. The van der Waals surface area contributed by atoms with Crippen LogP contribution in [-0.2, 0) is 19.7 Å². The summed E-state index contributed by atoms with van der Waals surface area (Å²) in [5.74, 6) is -1.40. The Balaban J connectivity index is 2.01. The molecule has 1 saturated carbocycles. The molecule has 1 aromatic rings. The number of carbonyl (C=O) groups excluding carboxylic acids is 3. The highest BCUT2D eigenvalue weighted by Crippen LogP contribution is 2.46. The lowest BCUT2D eigenvalue weighted by atomic mass is 9.64. The van der Waals surface area contributed by atoms with Gasteiger partial charge < -0.3 is 10.1 Å². The lowest BCUT2D eigenvalue weighted by Crippen LogP contribution is -2.43. The summed E-state index contributed by atoms with van der Waals surface area (Å²) < 4.78 is 5.16. The molecule has 0 atom stereocenters. The molecule has 1 N–H and O–H groups in total. The molecule has 0 spiro atoms. The van der Waals surface area contributed by atoms with E-state index in [-0.39, 0.29) is 5.97 Å². The Morgan fingerprint density at radius 3 is 2.70 bits per heavy atom. The van der Waals surface area contributed by atoms with Crippen molar-refractivity contribution in [3.63, 3.8) is 0 Å². The molecule has 1 aromatic carbocycles. The number of hydrogen-bond acceptors (Lipinski definition) is 4. The molecule has 0 radical (unpaired) electrons. The fourth-order valence-corrected chi connectivity index (χ4v) is 2.85. The molecule has 5 nitrogen and oxygen atoms in total. The van der Waals surface area contributed by atoms with Gasteiger partial charge in [-0.2, -0.15) is 0 Å². The molecule has 1 amide bonds. The first-order chi connectivity index (χ1) is 9.58. The van der Waals surface area contributed by atoms with Crippen LogP contribution in [-0.4, -0.2) is 24.3 Å². The van der Waals surface area contributed by atoms with E-state index in [9.17, 15) is 14.4 Å². The minimum Gasteiger partial charge on any atom is -0.465 e. The van der Waals surface area contributed by atoms with Gasteiger partial charge in [-0.05, 0) is 37.5 Å². The van der Waals surface area contributed by atoms with Gasteiger partial charge in [0.25, 0.3) is 11.7 Å². The van der Waals surface area contributed by atoms with Gasteiger partial charge in [-0.1, -0.05) is 12.5 Å². The Morgan fingerprint density at radius 1 is 1.35 bits per heavy atom. The molecular weight excluding hydrogens is 258 g/mol. The van der Waals surface area contributed by atoms with Gasteiger partial charge in [0.05, 0.1) is 23.3 Å². The van der Waals surface area contributed by atoms with Gasteiger partial charge in [-0.3, -0.25) is 14.4 Å². The third-order valence-electron chi connectivity index (χ3n) is 4.14. The second-order valence-electron chi connectivity index (χ2n) is 5.20. The zero-order valence-electron chi connectivity index (χ0n) is 11.2. The highest BCUT2D eigenvalue weighted by molar-refractivity contribution is 6.51. The molecule has 1 fully saturated rings. The van der Waals surface area contributed by atoms with Crippen molar-refractivity contribution in [2.75, 3.05) is 11.9 Å². The molecule has 104 valence electrons. The average Bonchev–Trinajstić information content (AvgIpc) is 2.65. The zero-order valence-corrected chi connectivity index (χ0v) is 11.2. The van der Waals surface area contributed by atoms with Crippen LogP contribution in [0.15, 0.2) is 18.2 Å². The number of benzene rings is 1. The van der Waals surface area contributed by atoms with Gasteiger partial charge in [-0.15, -0.1) is 0 Å². The van der Waals surface area contributed by atoms with Crippen LogP contribution in [0.25, 0.3) is 0 Å². The Bertz CT molecular complexity index is 616. The lowest BCUT2D eigenvalue weighted by Gasteiger charge is -2.39. The van der Waals surface area contributed by atoms with Gasteiger partial charge in [0.2, 0.25) is 0 Å². The largest absolute Gasteiger partial charge is 0.465 e. The standard InChI is InChI=1S/C15H15NO4/c1-2-20-14(19)15(6-3-7-15)9-4-5-11-10(8-9)12(17)13(18)16-11/h4-5,8H,2-3,6-7H2,1H3,(H,16,17,18). The number of fused-ring (bicyclic) bond motifs is 1. The van der Waals surface area contributed by atoms with Gasteiger partial charge in [-0.25, -0.2) is 0 Å². The number of amides is 1. The van der Waals surface area contributed by atoms with E-state index in [1.807, 2.05) is 0 Å². The van der Waals surface area contributed by atoms with Crippen LogP contribution >= 0.6 is 0 Å².